The summed E-state index contributed by atoms with van der Waals surface area (Å²) in [4.78, 5) is 37.8. The van der Waals surface area contributed by atoms with Gasteiger partial charge in [0.1, 0.15) is 6.04 Å². The Kier molecular flexibility index (Phi) is 7.67. The van der Waals surface area contributed by atoms with Crippen molar-refractivity contribution >= 4 is 29.1 Å². The number of nitrogens with two attached hydrogens (primary N) is 1. The van der Waals surface area contributed by atoms with Crippen molar-refractivity contribution < 1.29 is 24.7 Å². The van der Waals surface area contributed by atoms with E-state index in [4.69, 9.17) is 9.90 Å². The van der Waals surface area contributed by atoms with Gasteiger partial charge in [0.25, 0.3) is 5.69 Å². The number of amides is 1. The van der Waals surface area contributed by atoms with Crippen LogP contribution in [-0.2, 0) is 4.79 Å². The summed E-state index contributed by atoms with van der Waals surface area (Å²) in [5, 5.41) is 27.9. The number of nitro groups is 1. The molecule has 11 heteroatoms. The molecule has 2 fully saturated rings. The molecule has 2 aromatic carbocycles. The van der Waals surface area contributed by atoms with Gasteiger partial charge in [-0.15, -0.1) is 0 Å². The molecule has 2 saturated heterocycles. The third-order valence-electron chi connectivity index (χ3n) is 5.92. The van der Waals surface area contributed by atoms with Crippen LogP contribution >= 0.6 is 0 Å². The number of hydrogen-bond acceptors (Lipinski definition) is 7. The number of hydrogen-bond donors (Lipinski definition) is 3. The molecule has 11 nitrogen and oxygen atoms in total. The average Bonchev–Trinajstić information content (AvgIpc) is 3.25. The molecule has 0 radical (unpaired) electrons. The number of piperazine rings is 1. The third-order valence-corrected chi connectivity index (χ3v) is 5.92. The zero-order valence-corrected chi connectivity index (χ0v) is 18.0. The Labute approximate surface area is 190 Å². The summed E-state index contributed by atoms with van der Waals surface area (Å²) < 4.78 is 0. The third kappa shape index (κ3) is 5.89. The Morgan fingerprint density at radius 1 is 0.909 bits per heavy atom. The maximum atomic E-state index is 12.1. The molecular weight excluding hydrogens is 430 g/mol. The van der Waals surface area contributed by atoms with E-state index < -0.39 is 23.0 Å². The number of carboxylic acids is 1. The summed E-state index contributed by atoms with van der Waals surface area (Å²) in [5.41, 5.74) is 6.03. The fourth-order valence-corrected chi connectivity index (χ4v) is 4.46. The zero-order chi connectivity index (χ0) is 24.0. The van der Waals surface area contributed by atoms with E-state index in [1.807, 2.05) is 35.2 Å². The molecular formula is C22H27N5O6. The minimum absolute atomic E-state index is 0.0216. The fourth-order valence-electron chi connectivity index (χ4n) is 4.46. The van der Waals surface area contributed by atoms with E-state index >= 15 is 0 Å². The number of carbonyl (C=O) groups is 2. The Morgan fingerprint density at radius 2 is 1.48 bits per heavy atom. The van der Waals surface area contributed by atoms with Gasteiger partial charge in [-0.2, -0.15) is 0 Å². The first-order valence-corrected chi connectivity index (χ1v) is 10.5. The number of rotatable bonds is 5. The second-order valence-corrected chi connectivity index (χ2v) is 7.80. The van der Waals surface area contributed by atoms with E-state index in [2.05, 4.69) is 15.5 Å². The number of para-hydroxylation sites is 1. The van der Waals surface area contributed by atoms with Crippen LogP contribution in [0.2, 0.25) is 0 Å². The minimum atomic E-state index is -1.33. The van der Waals surface area contributed by atoms with E-state index in [0.29, 0.717) is 0 Å². The number of non-ortho nitro benzene ring substituents is 1. The largest absolute Gasteiger partial charge is 0.480 e. The number of primary amides is 1. The standard InChI is InChI=1S/C21H24N4O4.CH3NO2/c26-21(27)20-19(10-11-24(20)17-4-2-1-3-5-17)23-14-12-22(13-15-23)16-6-8-18(9-7-16)25(28)29;2-1(3)4/h1-9,19-20H,10-15H2,(H,26,27);2H2,(H,3,4)/t19?,20-;/m0./s1. The van der Waals surface area contributed by atoms with Crippen LogP contribution < -0.4 is 15.5 Å². The molecule has 1 amide bonds. The molecule has 2 heterocycles. The summed E-state index contributed by atoms with van der Waals surface area (Å²) in [5.74, 6) is -0.783. The van der Waals surface area contributed by atoms with Crippen molar-refractivity contribution in [1.29, 1.82) is 0 Å². The molecule has 2 aliphatic rings. The van der Waals surface area contributed by atoms with E-state index in [1.165, 1.54) is 12.1 Å². The smallest absolute Gasteiger partial charge is 0.402 e. The molecule has 176 valence electrons. The van der Waals surface area contributed by atoms with E-state index in [1.54, 1.807) is 12.1 Å². The summed E-state index contributed by atoms with van der Waals surface area (Å²) >= 11 is 0. The summed E-state index contributed by atoms with van der Waals surface area (Å²) in [7, 11) is 0. The molecule has 2 aromatic rings. The second-order valence-electron chi connectivity index (χ2n) is 7.80. The molecule has 0 spiro atoms. The van der Waals surface area contributed by atoms with Crippen LogP contribution in [-0.4, -0.2) is 76.9 Å². The molecule has 0 aliphatic carbocycles. The molecule has 33 heavy (non-hydrogen) atoms. The number of nitro benzene ring substituents is 1. The Morgan fingerprint density at radius 3 is 2.00 bits per heavy atom. The van der Waals surface area contributed by atoms with Gasteiger partial charge in [0.15, 0.2) is 0 Å². The van der Waals surface area contributed by atoms with Gasteiger partial charge in [0.05, 0.1) is 4.92 Å². The van der Waals surface area contributed by atoms with Crippen molar-refractivity contribution in [3.8, 4) is 0 Å². The lowest BCUT2D eigenvalue weighted by Gasteiger charge is -2.40. The highest BCUT2D eigenvalue weighted by Gasteiger charge is 2.43. The first kappa shape index (κ1) is 23.8. The first-order chi connectivity index (χ1) is 15.8. The molecule has 0 saturated carbocycles. The normalized spacial score (nSPS) is 20.6. The van der Waals surface area contributed by atoms with Crippen molar-refractivity contribution in [2.24, 2.45) is 5.73 Å². The van der Waals surface area contributed by atoms with Gasteiger partial charge in [-0.05, 0) is 30.7 Å². The van der Waals surface area contributed by atoms with Crippen LogP contribution in [0.3, 0.4) is 0 Å². The average molecular weight is 457 g/mol. The Balaban J connectivity index is 0.000000709. The Hall–Kier alpha value is -3.86. The highest BCUT2D eigenvalue weighted by atomic mass is 16.6. The van der Waals surface area contributed by atoms with Gasteiger partial charge in [0, 0.05) is 62.3 Å². The molecule has 4 N–H and O–H groups in total. The van der Waals surface area contributed by atoms with Gasteiger partial charge in [-0.25, -0.2) is 9.59 Å². The second kappa shape index (κ2) is 10.6. The SMILES string of the molecule is NC(=O)O.O=C(O)[C@@H]1C(N2CCN(c3ccc([N+](=O)[O-])cc3)CC2)CCN1c1ccccc1. The van der Waals surface area contributed by atoms with Crippen LogP contribution in [0.25, 0.3) is 0 Å². The summed E-state index contributed by atoms with van der Waals surface area (Å²) in [6, 6.07) is 15.8. The maximum absolute atomic E-state index is 12.1. The van der Waals surface area contributed by atoms with Gasteiger partial charge in [-0.3, -0.25) is 15.0 Å². The quantitative estimate of drug-likeness (QED) is 0.452. The van der Waals surface area contributed by atoms with Crippen molar-refractivity contribution in [2.45, 2.75) is 18.5 Å². The minimum Gasteiger partial charge on any atom is -0.480 e. The predicted molar refractivity (Wildman–Crippen MR) is 123 cm³/mol. The van der Waals surface area contributed by atoms with E-state index in [-0.39, 0.29) is 11.7 Å². The lowest BCUT2D eigenvalue weighted by atomic mass is 10.1. The summed E-state index contributed by atoms with van der Waals surface area (Å²) in [6.07, 6.45) is -0.511. The molecule has 2 atom stereocenters. The van der Waals surface area contributed by atoms with Crippen molar-refractivity contribution in [2.75, 3.05) is 42.5 Å². The van der Waals surface area contributed by atoms with Crippen LogP contribution in [0, 0.1) is 10.1 Å². The molecule has 4 rings (SSSR count). The zero-order valence-electron chi connectivity index (χ0n) is 18.0. The number of anilines is 2. The predicted octanol–water partition coefficient (Wildman–Crippen LogP) is 2.07. The van der Waals surface area contributed by atoms with Crippen LogP contribution in [0.4, 0.5) is 21.9 Å². The molecule has 0 aromatic heterocycles. The fraction of sp³-hybridized carbons (Fsp3) is 0.364. The van der Waals surface area contributed by atoms with E-state index in [0.717, 1.165) is 50.5 Å². The topological polar surface area (TPSA) is 153 Å². The summed E-state index contributed by atoms with van der Waals surface area (Å²) in [6.45, 7) is 3.81. The van der Waals surface area contributed by atoms with Crippen LogP contribution in [0.15, 0.2) is 54.6 Å². The molecule has 1 unspecified atom stereocenters. The number of carboxylic acid groups (broad SMARTS) is 2. The monoisotopic (exact) mass is 457 g/mol. The lowest BCUT2D eigenvalue weighted by Crippen LogP contribution is -2.56. The number of aliphatic carboxylic acids is 1. The van der Waals surface area contributed by atoms with Gasteiger partial charge < -0.3 is 25.7 Å². The van der Waals surface area contributed by atoms with E-state index in [9.17, 15) is 20.0 Å². The Bertz CT molecular complexity index is 959. The number of benzene rings is 2. The lowest BCUT2D eigenvalue weighted by molar-refractivity contribution is -0.384. The highest BCUT2D eigenvalue weighted by molar-refractivity contribution is 5.80. The maximum Gasteiger partial charge on any atom is 0.402 e. The first-order valence-electron chi connectivity index (χ1n) is 10.5. The van der Waals surface area contributed by atoms with Crippen LogP contribution in [0.1, 0.15) is 6.42 Å². The van der Waals surface area contributed by atoms with Gasteiger partial charge >= 0.3 is 12.1 Å². The van der Waals surface area contributed by atoms with Crippen molar-refractivity contribution in [1.82, 2.24) is 4.90 Å². The molecule has 2 aliphatic heterocycles. The number of nitrogens with zero attached hydrogens (tertiary/aromatic N) is 4. The van der Waals surface area contributed by atoms with Crippen LogP contribution in [0.5, 0.6) is 0 Å². The molecule has 0 bridgehead atoms. The highest BCUT2D eigenvalue weighted by Crippen LogP contribution is 2.30. The van der Waals surface area contributed by atoms with Gasteiger partial charge in [0.2, 0.25) is 0 Å². The van der Waals surface area contributed by atoms with Gasteiger partial charge in [-0.1, -0.05) is 18.2 Å². The van der Waals surface area contributed by atoms with Crippen molar-refractivity contribution in [3.05, 3.63) is 64.7 Å². The van der Waals surface area contributed by atoms with Crippen molar-refractivity contribution in [3.63, 3.8) is 0 Å².